The number of halogens is 2. The first-order chi connectivity index (χ1) is 6.08. The minimum Gasteiger partial charge on any atom is -0.328 e. The molecule has 0 aromatic heterocycles. The Balaban J connectivity index is 2.66. The molecule has 0 aliphatic heterocycles. The second-order valence-electron chi connectivity index (χ2n) is 3.29. The van der Waals surface area contributed by atoms with E-state index in [1.54, 1.807) is 6.07 Å². The summed E-state index contributed by atoms with van der Waals surface area (Å²) in [5.74, 6) is -0.200. The molecule has 0 aliphatic carbocycles. The predicted octanol–water partition coefficient (Wildman–Crippen LogP) is 2.87. The molecule has 1 atom stereocenters. The molecule has 0 aliphatic rings. The summed E-state index contributed by atoms with van der Waals surface area (Å²) >= 11 is 3.25. The second-order valence-corrected chi connectivity index (χ2v) is 4.21. The fourth-order valence-corrected chi connectivity index (χ4v) is 1.66. The van der Waals surface area contributed by atoms with E-state index in [-0.39, 0.29) is 11.9 Å². The van der Waals surface area contributed by atoms with Crippen LogP contribution in [0.1, 0.15) is 18.9 Å². The van der Waals surface area contributed by atoms with E-state index in [0.717, 1.165) is 22.9 Å². The van der Waals surface area contributed by atoms with Crippen molar-refractivity contribution in [1.29, 1.82) is 0 Å². The van der Waals surface area contributed by atoms with Crippen LogP contribution in [0.15, 0.2) is 22.7 Å². The molecule has 0 bridgehead atoms. The summed E-state index contributed by atoms with van der Waals surface area (Å²) in [6, 6.07) is 5.09. The lowest BCUT2D eigenvalue weighted by Gasteiger charge is -2.05. The van der Waals surface area contributed by atoms with Crippen molar-refractivity contribution in [3.8, 4) is 0 Å². The highest BCUT2D eigenvalue weighted by Crippen LogP contribution is 2.16. The van der Waals surface area contributed by atoms with Crippen LogP contribution in [-0.4, -0.2) is 6.04 Å². The molecule has 2 N–H and O–H groups in total. The first-order valence-corrected chi connectivity index (χ1v) is 5.08. The Morgan fingerprint density at radius 1 is 1.46 bits per heavy atom. The molecule has 1 aromatic carbocycles. The van der Waals surface area contributed by atoms with E-state index in [1.807, 2.05) is 13.0 Å². The molecule has 0 amide bonds. The first-order valence-electron chi connectivity index (χ1n) is 4.28. The predicted molar refractivity (Wildman–Crippen MR) is 56.1 cm³/mol. The first kappa shape index (κ1) is 10.7. The maximum absolute atomic E-state index is 12.9. The fourth-order valence-electron chi connectivity index (χ4n) is 1.15. The number of aryl methyl sites for hydroxylation is 1. The molecular formula is C10H13BrFN. The summed E-state index contributed by atoms with van der Waals surface area (Å²) in [5, 5.41) is 0. The van der Waals surface area contributed by atoms with Crippen LogP contribution in [0.25, 0.3) is 0 Å². The van der Waals surface area contributed by atoms with Crippen molar-refractivity contribution in [2.24, 2.45) is 5.73 Å². The molecule has 0 radical (unpaired) electrons. The van der Waals surface area contributed by atoms with Gasteiger partial charge in [-0.15, -0.1) is 0 Å². The highest BCUT2D eigenvalue weighted by atomic mass is 79.9. The third kappa shape index (κ3) is 3.87. The minimum atomic E-state index is -0.200. The van der Waals surface area contributed by atoms with Crippen LogP contribution in [0, 0.1) is 5.82 Å². The molecule has 0 saturated heterocycles. The molecular weight excluding hydrogens is 233 g/mol. The summed E-state index contributed by atoms with van der Waals surface area (Å²) in [7, 11) is 0. The van der Waals surface area contributed by atoms with Crippen molar-refractivity contribution in [2.75, 3.05) is 0 Å². The standard InChI is InChI=1S/C10H13BrFN/c1-7(13)2-3-8-4-9(11)6-10(12)5-8/h4-7H,2-3,13H2,1H3/t7-/m1/s1. The van der Waals surface area contributed by atoms with Crippen LogP contribution in [0.4, 0.5) is 4.39 Å². The Morgan fingerprint density at radius 2 is 2.15 bits per heavy atom. The van der Waals surface area contributed by atoms with Crippen LogP contribution in [0.3, 0.4) is 0 Å². The van der Waals surface area contributed by atoms with Crippen LogP contribution in [0.5, 0.6) is 0 Å². The van der Waals surface area contributed by atoms with Crippen molar-refractivity contribution in [2.45, 2.75) is 25.8 Å². The zero-order valence-electron chi connectivity index (χ0n) is 7.56. The van der Waals surface area contributed by atoms with Gasteiger partial charge < -0.3 is 5.73 Å². The van der Waals surface area contributed by atoms with Gasteiger partial charge >= 0.3 is 0 Å². The Labute approximate surface area is 86.3 Å². The Morgan fingerprint density at radius 3 is 2.69 bits per heavy atom. The zero-order valence-corrected chi connectivity index (χ0v) is 9.14. The van der Waals surface area contributed by atoms with E-state index in [9.17, 15) is 4.39 Å². The lowest BCUT2D eigenvalue weighted by Crippen LogP contribution is -2.15. The van der Waals surface area contributed by atoms with Gasteiger partial charge in [0.15, 0.2) is 0 Å². The smallest absolute Gasteiger partial charge is 0.124 e. The van der Waals surface area contributed by atoms with Gasteiger partial charge in [-0.1, -0.05) is 15.9 Å². The highest BCUT2D eigenvalue weighted by Gasteiger charge is 2.00. The molecule has 1 aromatic rings. The van der Waals surface area contributed by atoms with Gasteiger partial charge in [0, 0.05) is 10.5 Å². The van der Waals surface area contributed by atoms with Gasteiger partial charge in [0.05, 0.1) is 0 Å². The maximum atomic E-state index is 12.9. The van der Waals surface area contributed by atoms with E-state index in [2.05, 4.69) is 15.9 Å². The summed E-state index contributed by atoms with van der Waals surface area (Å²) in [5.41, 5.74) is 6.60. The van der Waals surface area contributed by atoms with E-state index in [1.165, 1.54) is 6.07 Å². The van der Waals surface area contributed by atoms with Gasteiger partial charge in [-0.25, -0.2) is 4.39 Å². The highest BCUT2D eigenvalue weighted by molar-refractivity contribution is 9.10. The number of hydrogen-bond acceptors (Lipinski definition) is 1. The lowest BCUT2D eigenvalue weighted by atomic mass is 10.1. The normalized spacial score (nSPS) is 12.9. The van der Waals surface area contributed by atoms with E-state index < -0.39 is 0 Å². The monoisotopic (exact) mass is 245 g/mol. The molecule has 72 valence electrons. The fraction of sp³-hybridized carbons (Fsp3) is 0.400. The molecule has 0 fully saturated rings. The molecule has 0 spiro atoms. The van der Waals surface area contributed by atoms with E-state index in [0.29, 0.717) is 0 Å². The van der Waals surface area contributed by atoms with Gasteiger partial charge in [0.25, 0.3) is 0 Å². The lowest BCUT2D eigenvalue weighted by molar-refractivity contribution is 0.619. The molecule has 1 rings (SSSR count). The number of rotatable bonds is 3. The molecule has 13 heavy (non-hydrogen) atoms. The summed E-state index contributed by atoms with van der Waals surface area (Å²) in [6.07, 6.45) is 1.71. The number of benzene rings is 1. The molecule has 0 saturated carbocycles. The molecule has 0 unspecified atom stereocenters. The zero-order chi connectivity index (χ0) is 9.84. The van der Waals surface area contributed by atoms with Gasteiger partial charge in [-0.2, -0.15) is 0 Å². The number of hydrogen-bond donors (Lipinski definition) is 1. The van der Waals surface area contributed by atoms with Crippen LogP contribution in [-0.2, 0) is 6.42 Å². The van der Waals surface area contributed by atoms with Crippen LogP contribution in [0.2, 0.25) is 0 Å². The summed E-state index contributed by atoms with van der Waals surface area (Å²) in [4.78, 5) is 0. The van der Waals surface area contributed by atoms with Gasteiger partial charge in [-0.3, -0.25) is 0 Å². The Bertz CT molecular complexity index is 266. The third-order valence-electron chi connectivity index (χ3n) is 1.81. The molecule has 0 heterocycles. The number of nitrogens with two attached hydrogens (primary N) is 1. The molecule has 1 nitrogen and oxygen atoms in total. The van der Waals surface area contributed by atoms with Crippen LogP contribution < -0.4 is 5.73 Å². The van der Waals surface area contributed by atoms with Crippen molar-refractivity contribution >= 4 is 15.9 Å². The molecule has 3 heteroatoms. The van der Waals surface area contributed by atoms with Gasteiger partial charge in [0.2, 0.25) is 0 Å². The van der Waals surface area contributed by atoms with Gasteiger partial charge in [0.1, 0.15) is 5.82 Å². The Hall–Kier alpha value is -0.410. The maximum Gasteiger partial charge on any atom is 0.124 e. The minimum absolute atomic E-state index is 0.169. The summed E-state index contributed by atoms with van der Waals surface area (Å²) < 4.78 is 13.7. The van der Waals surface area contributed by atoms with Crippen molar-refractivity contribution in [3.05, 3.63) is 34.1 Å². The van der Waals surface area contributed by atoms with Crippen molar-refractivity contribution < 1.29 is 4.39 Å². The average Bonchev–Trinajstić information content (AvgIpc) is 1.99. The topological polar surface area (TPSA) is 26.0 Å². The average molecular weight is 246 g/mol. The summed E-state index contributed by atoms with van der Waals surface area (Å²) in [6.45, 7) is 1.95. The van der Waals surface area contributed by atoms with E-state index >= 15 is 0 Å². The third-order valence-corrected chi connectivity index (χ3v) is 2.27. The SMILES string of the molecule is C[C@@H](N)CCc1cc(F)cc(Br)c1. The van der Waals surface area contributed by atoms with Gasteiger partial charge in [-0.05, 0) is 43.5 Å². The Kier molecular flexibility index (Phi) is 3.88. The van der Waals surface area contributed by atoms with Crippen LogP contribution >= 0.6 is 15.9 Å². The quantitative estimate of drug-likeness (QED) is 0.871. The van der Waals surface area contributed by atoms with Crippen molar-refractivity contribution in [1.82, 2.24) is 0 Å². The second kappa shape index (κ2) is 4.72. The largest absolute Gasteiger partial charge is 0.328 e. The van der Waals surface area contributed by atoms with E-state index in [4.69, 9.17) is 5.73 Å². The van der Waals surface area contributed by atoms with Crippen molar-refractivity contribution in [3.63, 3.8) is 0 Å².